The molecule has 0 saturated carbocycles. The summed E-state index contributed by atoms with van der Waals surface area (Å²) in [5.41, 5.74) is 7.80. The molecular formula is C30H19N3. The second-order valence-corrected chi connectivity index (χ2v) is 8.29. The van der Waals surface area contributed by atoms with Gasteiger partial charge < -0.3 is 4.57 Å². The van der Waals surface area contributed by atoms with Crippen molar-refractivity contribution in [3.8, 4) is 16.8 Å². The Hall–Kier alpha value is -4.50. The fraction of sp³-hybridized carbons (Fsp3) is 0. The van der Waals surface area contributed by atoms with E-state index >= 15 is 0 Å². The van der Waals surface area contributed by atoms with E-state index in [-0.39, 0.29) is 0 Å². The van der Waals surface area contributed by atoms with E-state index in [9.17, 15) is 0 Å². The molecule has 0 saturated heterocycles. The van der Waals surface area contributed by atoms with Crippen molar-refractivity contribution in [2.24, 2.45) is 0 Å². The first-order chi connectivity index (χ1) is 16.4. The van der Waals surface area contributed by atoms with Gasteiger partial charge in [0.15, 0.2) is 0 Å². The van der Waals surface area contributed by atoms with Crippen LogP contribution in [0.25, 0.3) is 60.4 Å². The highest BCUT2D eigenvalue weighted by Gasteiger charge is 2.19. The average molecular weight is 422 g/mol. The van der Waals surface area contributed by atoms with Crippen LogP contribution in [-0.4, -0.2) is 14.5 Å². The van der Waals surface area contributed by atoms with Crippen LogP contribution < -0.4 is 0 Å². The number of hydrogen-bond acceptors (Lipinski definition) is 2. The number of hydrogen-bond donors (Lipinski definition) is 0. The number of benzene rings is 4. The van der Waals surface area contributed by atoms with E-state index in [0.29, 0.717) is 0 Å². The monoisotopic (exact) mass is 421 g/mol. The maximum absolute atomic E-state index is 4.74. The van der Waals surface area contributed by atoms with Crippen LogP contribution in [0.5, 0.6) is 0 Å². The largest absolute Gasteiger partial charge is 0.309 e. The van der Waals surface area contributed by atoms with E-state index < -0.39 is 0 Å². The lowest BCUT2D eigenvalue weighted by Crippen LogP contribution is -1.95. The van der Waals surface area contributed by atoms with Gasteiger partial charge in [-0.25, -0.2) is 0 Å². The molecule has 0 atom stereocenters. The zero-order valence-electron chi connectivity index (χ0n) is 17.8. The first-order valence-electron chi connectivity index (χ1n) is 11.1. The van der Waals surface area contributed by atoms with E-state index in [1.165, 1.54) is 32.9 Å². The Balaban J connectivity index is 1.63. The molecule has 0 radical (unpaired) electrons. The molecule has 0 N–H and O–H groups in total. The molecule has 7 rings (SSSR count). The quantitative estimate of drug-likeness (QED) is 0.270. The molecule has 4 aromatic carbocycles. The summed E-state index contributed by atoms with van der Waals surface area (Å²) >= 11 is 0. The third kappa shape index (κ3) is 2.63. The lowest BCUT2D eigenvalue weighted by Gasteiger charge is -2.12. The summed E-state index contributed by atoms with van der Waals surface area (Å²) in [6.45, 7) is 0. The van der Waals surface area contributed by atoms with E-state index in [2.05, 4.69) is 89.5 Å². The normalized spacial score (nSPS) is 11.6. The van der Waals surface area contributed by atoms with Crippen LogP contribution in [0.1, 0.15) is 0 Å². The summed E-state index contributed by atoms with van der Waals surface area (Å²) in [4.78, 5) is 9.46. The summed E-state index contributed by atoms with van der Waals surface area (Å²) in [7, 11) is 0. The van der Waals surface area contributed by atoms with Crippen LogP contribution in [0, 0.1) is 0 Å². The molecule has 0 unspecified atom stereocenters. The van der Waals surface area contributed by atoms with Crippen molar-refractivity contribution in [2.75, 3.05) is 0 Å². The molecule has 0 fully saturated rings. The summed E-state index contributed by atoms with van der Waals surface area (Å²) in [6, 6.07) is 36.3. The number of aromatic nitrogens is 3. The number of rotatable bonds is 2. The molecule has 3 heterocycles. The fourth-order valence-electron chi connectivity index (χ4n) is 5.05. The molecule has 0 aliphatic heterocycles. The molecule has 0 aliphatic carbocycles. The first kappa shape index (κ1) is 18.1. The third-order valence-corrected chi connectivity index (χ3v) is 6.47. The first-order valence-corrected chi connectivity index (χ1v) is 11.1. The summed E-state index contributed by atoms with van der Waals surface area (Å²) in [6.07, 6.45) is 3.70. The van der Waals surface area contributed by atoms with Gasteiger partial charge in [-0.05, 0) is 47.5 Å². The molecule has 0 aliphatic rings. The standard InChI is InChI=1S/C30H19N3/c1-2-8-20(9-3-1)21-14-16-22(17-15-21)33-26-13-5-4-10-23(26)27-24-11-6-18-31-28(24)29-25(30(27)33)12-7-19-32-29/h1-19H. The predicted octanol–water partition coefficient (Wildman–Crippen LogP) is 7.55. The van der Waals surface area contributed by atoms with Gasteiger partial charge in [0.25, 0.3) is 0 Å². The van der Waals surface area contributed by atoms with E-state index in [1.807, 2.05) is 30.6 Å². The SMILES string of the molecule is c1ccc(-c2ccc(-n3c4ccccc4c4c5cccnc5c5ncccc5c43)cc2)cc1. The van der Waals surface area contributed by atoms with Crippen LogP contribution in [0.15, 0.2) is 116 Å². The van der Waals surface area contributed by atoms with Gasteiger partial charge in [-0.1, -0.05) is 66.7 Å². The molecular weight excluding hydrogens is 402 g/mol. The third-order valence-electron chi connectivity index (χ3n) is 6.47. The summed E-state index contributed by atoms with van der Waals surface area (Å²) < 4.78 is 2.37. The molecule has 7 aromatic rings. The van der Waals surface area contributed by atoms with E-state index in [4.69, 9.17) is 9.97 Å². The fourth-order valence-corrected chi connectivity index (χ4v) is 5.05. The van der Waals surface area contributed by atoms with Crippen molar-refractivity contribution in [3.05, 3.63) is 116 Å². The summed E-state index contributed by atoms with van der Waals surface area (Å²) in [5.74, 6) is 0. The van der Waals surface area contributed by atoms with Gasteiger partial charge in [0.1, 0.15) is 0 Å². The molecule has 33 heavy (non-hydrogen) atoms. The molecule has 3 nitrogen and oxygen atoms in total. The maximum Gasteiger partial charge on any atom is 0.0986 e. The Bertz CT molecular complexity index is 1800. The number of nitrogens with zero attached hydrogens (tertiary/aromatic N) is 3. The minimum absolute atomic E-state index is 0.936. The highest BCUT2D eigenvalue weighted by atomic mass is 15.0. The average Bonchev–Trinajstić information content (AvgIpc) is 3.25. The van der Waals surface area contributed by atoms with Crippen molar-refractivity contribution in [1.82, 2.24) is 14.5 Å². The van der Waals surface area contributed by atoms with E-state index in [0.717, 1.165) is 27.5 Å². The van der Waals surface area contributed by atoms with Crippen molar-refractivity contribution in [1.29, 1.82) is 0 Å². The number of para-hydroxylation sites is 1. The van der Waals surface area contributed by atoms with Crippen molar-refractivity contribution < 1.29 is 0 Å². The van der Waals surface area contributed by atoms with Crippen LogP contribution in [0.2, 0.25) is 0 Å². The maximum atomic E-state index is 4.74. The van der Waals surface area contributed by atoms with Crippen LogP contribution >= 0.6 is 0 Å². The van der Waals surface area contributed by atoms with Gasteiger partial charge in [-0.2, -0.15) is 0 Å². The molecule has 0 spiro atoms. The Kier molecular flexibility index (Phi) is 3.84. The minimum Gasteiger partial charge on any atom is -0.309 e. The topological polar surface area (TPSA) is 30.7 Å². The van der Waals surface area contributed by atoms with Gasteiger partial charge in [0, 0.05) is 39.6 Å². The molecule has 3 aromatic heterocycles. The Morgan fingerprint density at radius 1 is 0.485 bits per heavy atom. The van der Waals surface area contributed by atoms with Crippen LogP contribution in [-0.2, 0) is 0 Å². The summed E-state index contributed by atoms with van der Waals surface area (Å²) in [5, 5.41) is 4.70. The Morgan fingerprint density at radius 3 is 1.88 bits per heavy atom. The molecule has 3 heteroatoms. The highest BCUT2D eigenvalue weighted by Crippen LogP contribution is 2.41. The van der Waals surface area contributed by atoms with E-state index in [1.54, 1.807) is 0 Å². The Morgan fingerprint density at radius 2 is 1.09 bits per heavy atom. The van der Waals surface area contributed by atoms with Crippen molar-refractivity contribution in [2.45, 2.75) is 0 Å². The zero-order chi connectivity index (χ0) is 21.8. The van der Waals surface area contributed by atoms with Gasteiger partial charge in [0.2, 0.25) is 0 Å². The lowest BCUT2D eigenvalue weighted by atomic mass is 10.0. The van der Waals surface area contributed by atoms with Gasteiger partial charge >= 0.3 is 0 Å². The van der Waals surface area contributed by atoms with Gasteiger partial charge in [-0.15, -0.1) is 0 Å². The lowest BCUT2D eigenvalue weighted by molar-refractivity contribution is 1.19. The molecule has 0 amide bonds. The predicted molar refractivity (Wildman–Crippen MR) is 137 cm³/mol. The Labute approximate surface area is 190 Å². The molecule has 154 valence electrons. The zero-order valence-corrected chi connectivity index (χ0v) is 17.8. The second kappa shape index (κ2) is 7.01. The number of fused-ring (bicyclic) bond motifs is 8. The minimum atomic E-state index is 0.936. The van der Waals surface area contributed by atoms with Crippen LogP contribution in [0.4, 0.5) is 0 Å². The van der Waals surface area contributed by atoms with Crippen LogP contribution in [0.3, 0.4) is 0 Å². The number of pyridine rings is 2. The van der Waals surface area contributed by atoms with Gasteiger partial charge in [-0.3, -0.25) is 9.97 Å². The molecule has 0 bridgehead atoms. The van der Waals surface area contributed by atoms with Gasteiger partial charge in [0.05, 0.1) is 22.1 Å². The smallest absolute Gasteiger partial charge is 0.0986 e. The van der Waals surface area contributed by atoms with Crippen molar-refractivity contribution >= 4 is 43.6 Å². The van der Waals surface area contributed by atoms with Crippen molar-refractivity contribution in [3.63, 3.8) is 0 Å². The highest BCUT2D eigenvalue weighted by molar-refractivity contribution is 6.30. The second-order valence-electron chi connectivity index (χ2n) is 8.29.